The van der Waals surface area contributed by atoms with Crippen LogP contribution in [0, 0.1) is 0 Å². The Labute approximate surface area is 215 Å². The highest BCUT2D eigenvalue weighted by atomic mass is 16.2. The smallest absolute Gasteiger partial charge is 0.261 e. The molecule has 0 atom stereocenters. The summed E-state index contributed by atoms with van der Waals surface area (Å²) in [4.78, 5) is 44.8. The predicted molar refractivity (Wildman–Crippen MR) is 144 cm³/mol. The van der Waals surface area contributed by atoms with Crippen LogP contribution in [0.2, 0.25) is 0 Å². The zero-order valence-electron chi connectivity index (χ0n) is 20.5. The van der Waals surface area contributed by atoms with Gasteiger partial charge in [0, 0.05) is 61.3 Å². The first-order valence-corrected chi connectivity index (χ1v) is 12.7. The molecule has 3 amide bonds. The fraction of sp³-hybridized carbons (Fsp3) is 0.194. The van der Waals surface area contributed by atoms with E-state index in [1.165, 1.54) is 4.90 Å². The molecule has 0 aromatic heterocycles. The van der Waals surface area contributed by atoms with E-state index in [-0.39, 0.29) is 17.7 Å². The lowest BCUT2D eigenvalue weighted by atomic mass is 9.94. The van der Waals surface area contributed by atoms with E-state index < -0.39 is 0 Å². The van der Waals surface area contributed by atoms with E-state index in [0.717, 1.165) is 21.9 Å². The Balaban J connectivity index is 1.06. The minimum atomic E-state index is -0.234. The molecular formula is C31H27N3O3. The molecule has 2 aliphatic rings. The van der Waals surface area contributed by atoms with Gasteiger partial charge in [-0.15, -0.1) is 0 Å². The first kappa shape index (κ1) is 23.1. The van der Waals surface area contributed by atoms with Gasteiger partial charge in [0.2, 0.25) is 0 Å². The standard InChI is InChI=1S/C31H27N3O3/c35-29(25-14-12-23(13-15-25)22-6-2-1-3-7-22)33-19-16-32(17-20-33)18-21-34-30(36)26-10-4-8-24-9-5-11-27(28(24)26)31(34)37/h1-15H,16-21H2. The maximum absolute atomic E-state index is 13.1. The largest absolute Gasteiger partial charge is 0.336 e. The summed E-state index contributed by atoms with van der Waals surface area (Å²) in [6.45, 7) is 3.56. The predicted octanol–water partition coefficient (Wildman–Crippen LogP) is 4.56. The summed E-state index contributed by atoms with van der Waals surface area (Å²) in [6.07, 6.45) is 0. The molecule has 4 aromatic rings. The third kappa shape index (κ3) is 4.30. The Morgan fingerprint density at radius 2 is 1.22 bits per heavy atom. The average molecular weight is 490 g/mol. The molecule has 37 heavy (non-hydrogen) atoms. The molecule has 2 heterocycles. The molecule has 6 nitrogen and oxygen atoms in total. The maximum Gasteiger partial charge on any atom is 0.261 e. The molecule has 0 aliphatic carbocycles. The van der Waals surface area contributed by atoms with Crippen molar-refractivity contribution in [3.05, 3.63) is 108 Å². The first-order valence-electron chi connectivity index (χ1n) is 12.7. The van der Waals surface area contributed by atoms with Crippen molar-refractivity contribution >= 4 is 28.5 Å². The number of piperazine rings is 1. The molecule has 6 heteroatoms. The van der Waals surface area contributed by atoms with Gasteiger partial charge in [0.25, 0.3) is 17.7 Å². The number of carbonyl (C=O) groups excluding carboxylic acids is 3. The van der Waals surface area contributed by atoms with Crippen molar-refractivity contribution in [1.82, 2.24) is 14.7 Å². The molecule has 0 radical (unpaired) electrons. The zero-order valence-corrected chi connectivity index (χ0v) is 20.5. The van der Waals surface area contributed by atoms with Crippen molar-refractivity contribution in [1.29, 1.82) is 0 Å². The normalized spacial score (nSPS) is 15.9. The van der Waals surface area contributed by atoms with Crippen molar-refractivity contribution < 1.29 is 14.4 Å². The van der Waals surface area contributed by atoms with Crippen LogP contribution in [0.15, 0.2) is 91.0 Å². The van der Waals surface area contributed by atoms with E-state index >= 15 is 0 Å². The van der Waals surface area contributed by atoms with Crippen LogP contribution in [0.25, 0.3) is 21.9 Å². The van der Waals surface area contributed by atoms with Gasteiger partial charge in [-0.1, -0.05) is 66.7 Å². The highest BCUT2D eigenvalue weighted by Gasteiger charge is 2.33. The molecule has 6 rings (SSSR count). The fourth-order valence-electron chi connectivity index (χ4n) is 5.32. The summed E-state index contributed by atoms with van der Waals surface area (Å²) in [5, 5.41) is 1.66. The second-order valence-electron chi connectivity index (χ2n) is 9.55. The lowest BCUT2D eigenvalue weighted by Gasteiger charge is -2.36. The van der Waals surface area contributed by atoms with Crippen LogP contribution in [0.3, 0.4) is 0 Å². The van der Waals surface area contributed by atoms with Gasteiger partial charge in [0.05, 0.1) is 0 Å². The van der Waals surface area contributed by atoms with Gasteiger partial charge < -0.3 is 4.90 Å². The zero-order chi connectivity index (χ0) is 25.4. The highest BCUT2D eigenvalue weighted by molar-refractivity contribution is 6.25. The molecular weight excluding hydrogens is 462 g/mol. The van der Waals surface area contributed by atoms with Gasteiger partial charge in [-0.25, -0.2) is 0 Å². The number of imide groups is 1. The molecule has 184 valence electrons. The molecule has 2 aliphatic heterocycles. The van der Waals surface area contributed by atoms with Crippen molar-refractivity contribution in [3.8, 4) is 11.1 Å². The fourth-order valence-corrected chi connectivity index (χ4v) is 5.32. The van der Waals surface area contributed by atoms with E-state index in [0.29, 0.717) is 56.0 Å². The second-order valence-corrected chi connectivity index (χ2v) is 9.55. The molecule has 0 spiro atoms. The van der Waals surface area contributed by atoms with Gasteiger partial charge in [0.1, 0.15) is 0 Å². The van der Waals surface area contributed by atoms with E-state index in [2.05, 4.69) is 17.0 Å². The highest BCUT2D eigenvalue weighted by Crippen LogP contribution is 2.30. The number of hydrogen-bond acceptors (Lipinski definition) is 4. The molecule has 0 bridgehead atoms. The Morgan fingerprint density at radius 3 is 1.84 bits per heavy atom. The van der Waals surface area contributed by atoms with Crippen LogP contribution in [-0.4, -0.2) is 71.7 Å². The summed E-state index contributed by atoms with van der Waals surface area (Å²) in [5.74, 6) is -0.436. The van der Waals surface area contributed by atoms with Crippen LogP contribution in [0.1, 0.15) is 31.1 Å². The molecule has 1 saturated heterocycles. The summed E-state index contributed by atoms with van der Waals surface area (Å²) >= 11 is 0. The molecule has 0 N–H and O–H groups in total. The van der Waals surface area contributed by atoms with Crippen LogP contribution in [0.4, 0.5) is 0 Å². The van der Waals surface area contributed by atoms with Gasteiger partial charge in [-0.3, -0.25) is 24.2 Å². The lowest BCUT2D eigenvalue weighted by Crippen LogP contribution is -2.51. The summed E-state index contributed by atoms with van der Waals surface area (Å²) in [6, 6.07) is 29.0. The Hall–Kier alpha value is -4.29. The van der Waals surface area contributed by atoms with E-state index in [4.69, 9.17) is 0 Å². The third-order valence-corrected chi connectivity index (χ3v) is 7.39. The van der Waals surface area contributed by atoms with E-state index in [1.807, 2.05) is 71.6 Å². The first-order chi connectivity index (χ1) is 18.1. The summed E-state index contributed by atoms with van der Waals surface area (Å²) in [7, 11) is 0. The van der Waals surface area contributed by atoms with E-state index in [9.17, 15) is 14.4 Å². The van der Waals surface area contributed by atoms with Crippen molar-refractivity contribution in [2.75, 3.05) is 39.3 Å². The van der Waals surface area contributed by atoms with Crippen LogP contribution in [-0.2, 0) is 0 Å². The third-order valence-electron chi connectivity index (χ3n) is 7.39. The number of nitrogens with zero attached hydrogens (tertiary/aromatic N) is 3. The van der Waals surface area contributed by atoms with Gasteiger partial charge in [-0.2, -0.15) is 0 Å². The Kier molecular flexibility index (Phi) is 6.02. The maximum atomic E-state index is 13.1. The Bertz CT molecular complexity index is 1440. The number of rotatable bonds is 5. The number of hydrogen-bond donors (Lipinski definition) is 0. The monoisotopic (exact) mass is 489 g/mol. The lowest BCUT2D eigenvalue weighted by molar-refractivity contribution is 0.0551. The van der Waals surface area contributed by atoms with E-state index in [1.54, 1.807) is 12.1 Å². The topological polar surface area (TPSA) is 60.9 Å². The Morgan fingerprint density at radius 1 is 0.622 bits per heavy atom. The average Bonchev–Trinajstić information content (AvgIpc) is 2.96. The molecule has 0 unspecified atom stereocenters. The minimum Gasteiger partial charge on any atom is -0.336 e. The van der Waals surface area contributed by atoms with Crippen LogP contribution >= 0.6 is 0 Å². The van der Waals surface area contributed by atoms with Gasteiger partial charge in [0.15, 0.2) is 0 Å². The summed E-state index contributed by atoms with van der Waals surface area (Å²) in [5.41, 5.74) is 4.07. The quantitative estimate of drug-likeness (QED) is 0.386. The number of benzene rings is 4. The molecule has 4 aromatic carbocycles. The van der Waals surface area contributed by atoms with Crippen LogP contribution < -0.4 is 0 Å². The summed E-state index contributed by atoms with van der Waals surface area (Å²) < 4.78 is 0. The van der Waals surface area contributed by atoms with Crippen molar-refractivity contribution in [2.24, 2.45) is 0 Å². The van der Waals surface area contributed by atoms with Crippen molar-refractivity contribution in [3.63, 3.8) is 0 Å². The molecule has 0 saturated carbocycles. The number of amides is 3. The second kappa shape index (κ2) is 9.64. The van der Waals surface area contributed by atoms with Crippen molar-refractivity contribution in [2.45, 2.75) is 0 Å². The van der Waals surface area contributed by atoms with Gasteiger partial charge >= 0.3 is 0 Å². The SMILES string of the molecule is O=C(c1ccc(-c2ccccc2)cc1)N1CCN(CCN2C(=O)c3cccc4cccc(c34)C2=O)CC1. The molecule has 1 fully saturated rings. The van der Waals surface area contributed by atoms with Gasteiger partial charge in [-0.05, 0) is 40.8 Å². The minimum absolute atomic E-state index is 0.0327. The number of carbonyl (C=O) groups is 3. The van der Waals surface area contributed by atoms with Crippen LogP contribution in [0.5, 0.6) is 0 Å².